The predicted molar refractivity (Wildman–Crippen MR) is 61.1 cm³/mol. The Bertz CT molecular complexity index is 364. The van der Waals surface area contributed by atoms with Gasteiger partial charge in [0.2, 0.25) is 6.79 Å². The van der Waals surface area contributed by atoms with Crippen LogP contribution in [0.5, 0.6) is 0 Å². The van der Waals surface area contributed by atoms with Crippen LogP contribution in [-0.4, -0.2) is 25.3 Å². The minimum absolute atomic E-state index is 0.236. The van der Waals surface area contributed by atoms with Gasteiger partial charge < -0.3 is 15.2 Å². The van der Waals surface area contributed by atoms with Gasteiger partial charge in [-0.25, -0.2) is 4.79 Å². The highest BCUT2D eigenvalue weighted by Crippen LogP contribution is 2.01. The molecule has 0 aliphatic rings. The van der Waals surface area contributed by atoms with E-state index in [9.17, 15) is 9.59 Å². The fourth-order valence-electron chi connectivity index (χ4n) is 1.12. The van der Waals surface area contributed by atoms with E-state index in [4.69, 9.17) is 15.2 Å². The largest absolute Gasteiger partial charge is 0.428 e. The standard InChI is InChI=1S/C12H15NO4/c13-8-4-7-11(14)16-9-17-12(15)10-5-2-1-3-6-10/h1-3,5-6H,4,7-9,13H2. The molecule has 0 saturated heterocycles. The first-order valence-electron chi connectivity index (χ1n) is 5.32. The van der Waals surface area contributed by atoms with Crippen molar-refractivity contribution in [1.29, 1.82) is 0 Å². The number of ether oxygens (including phenoxy) is 2. The number of carbonyl (C=O) groups excluding carboxylic acids is 2. The molecule has 0 heterocycles. The number of benzene rings is 1. The molecular weight excluding hydrogens is 222 g/mol. The van der Waals surface area contributed by atoms with Crippen LogP contribution in [0.4, 0.5) is 0 Å². The van der Waals surface area contributed by atoms with Crippen LogP contribution in [0, 0.1) is 0 Å². The Morgan fingerprint density at radius 2 is 1.82 bits per heavy atom. The zero-order valence-electron chi connectivity index (χ0n) is 9.43. The molecule has 0 aliphatic heterocycles. The molecule has 17 heavy (non-hydrogen) atoms. The van der Waals surface area contributed by atoms with Crippen LogP contribution < -0.4 is 5.73 Å². The summed E-state index contributed by atoms with van der Waals surface area (Å²) in [6, 6.07) is 8.49. The summed E-state index contributed by atoms with van der Waals surface area (Å²) < 4.78 is 9.46. The van der Waals surface area contributed by atoms with Gasteiger partial charge in [0.25, 0.3) is 0 Å². The molecule has 0 fully saturated rings. The van der Waals surface area contributed by atoms with Crippen LogP contribution in [0.15, 0.2) is 30.3 Å². The summed E-state index contributed by atoms with van der Waals surface area (Å²) in [7, 11) is 0. The molecule has 5 nitrogen and oxygen atoms in total. The molecule has 0 saturated carbocycles. The van der Waals surface area contributed by atoms with E-state index in [1.54, 1.807) is 30.3 Å². The highest BCUT2D eigenvalue weighted by molar-refractivity contribution is 5.89. The number of hydrogen-bond acceptors (Lipinski definition) is 5. The topological polar surface area (TPSA) is 78.6 Å². The molecule has 1 aromatic rings. The summed E-state index contributed by atoms with van der Waals surface area (Å²) in [6.07, 6.45) is 0.796. The lowest BCUT2D eigenvalue weighted by Crippen LogP contribution is -2.13. The zero-order chi connectivity index (χ0) is 12.5. The average molecular weight is 237 g/mol. The molecular formula is C12H15NO4. The minimum Gasteiger partial charge on any atom is -0.428 e. The second-order valence-corrected chi connectivity index (χ2v) is 3.32. The molecule has 1 rings (SSSR count). The molecule has 0 atom stereocenters. The summed E-state index contributed by atoms with van der Waals surface area (Å²) in [6.45, 7) is 0.0655. The van der Waals surface area contributed by atoms with Crippen molar-refractivity contribution in [2.45, 2.75) is 12.8 Å². The van der Waals surface area contributed by atoms with E-state index in [0.717, 1.165) is 0 Å². The van der Waals surface area contributed by atoms with E-state index in [2.05, 4.69) is 0 Å². The number of esters is 2. The molecule has 0 spiro atoms. The van der Waals surface area contributed by atoms with Gasteiger partial charge in [0, 0.05) is 6.42 Å². The van der Waals surface area contributed by atoms with Crippen molar-refractivity contribution in [3.05, 3.63) is 35.9 Å². The van der Waals surface area contributed by atoms with Gasteiger partial charge >= 0.3 is 11.9 Å². The summed E-state index contributed by atoms with van der Waals surface area (Å²) >= 11 is 0. The molecule has 92 valence electrons. The van der Waals surface area contributed by atoms with Crippen LogP contribution in [0.3, 0.4) is 0 Å². The predicted octanol–water partition coefficient (Wildman–Crippen LogP) is 1.08. The fourth-order valence-corrected chi connectivity index (χ4v) is 1.12. The smallest absolute Gasteiger partial charge is 0.340 e. The Kier molecular flexibility index (Phi) is 5.74. The van der Waals surface area contributed by atoms with Crippen molar-refractivity contribution in [2.24, 2.45) is 5.73 Å². The van der Waals surface area contributed by atoms with Gasteiger partial charge in [0.1, 0.15) is 0 Å². The van der Waals surface area contributed by atoms with Gasteiger partial charge in [0.05, 0.1) is 5.56 Å². The molecule has 0 aliphatic carbocycles. The Labute approximate surface area is 99.5 Å². The summed E-state index contributed by atoms with van der Waals surface area (Å²) in [5.74, 6) is -0.937. The normalized spacial score (nSPS) is 9.71. The lowest BCUT2D eigenvalue weighted by Gasteiger charge is -2.05. The Morgan fingerprint density at radius 3 is 2.47 bits per heavy atom. The van der Waals surface area contributed by atoms with Gasteiger partial charge in [0.15, 0.2) is 0 Å². The van der Waals surface area contributed by atoms with E-state index in [1.807, 2.05) is 0 Å². The van der Waals surface area contributed by atoms with Crippen LogP contribution in [-0.2, 0) is 14.3 Å². The molecule has 0 bridgehead atoms. The maximum Gasteiger partial charge on any atom is 0.340 e. The molecule has 2 N–H and O–H groups in total. The van der Waals surface area contributed by atoms with E-state index in [1.165, 1.54) is 0 Å². The summed E-state index contributed by atoms with van der Waals surface area (Å²) in [5, 5.41) is 0. The second kappa shape index (κ2) is 7.40. The second-order valence-electron chi connectivity index (χ2n) is 3.32. The Balaban J connectivity index is 2.23. The third kappa shape index (κ3) is 5.12. The lowest BCUT2D eigenvalue weighted by molar-refractivity contribution is -0.152. The quantitative estimate of drug-likeness (QED) is 0.591. The monoisotopic (exact) mass is 237 g/mol. The van der Waals surface area contributed by atoms with Crippen LogP contribution in [0.25, 0.3) is 0 Å². The van der Waals surface area contributed by atoms with E-state index in [0.29, 0.717) is 18.5 Å². The van der Waals surface area contributed by atoms with Crippen molar-refractivity contribution < 1.29 is 19.1 Å². The highest BCUT2D eigenvalue weighted by Gasteiger charge is 2.07. The Morgan fingerprint density at radius 1 is 1.12 bits per heavy atom. The average Bonchev–Trinajstić information content (AvgIpc) is 2.37. The number of carbonyl (C=O) groups is 2. The first-order chi connectivity index (χ1) is 8.24. The third-order valence-electron chi connectivity index (χ3n) is 2.00. The highest BCUT2D eigenvalue weighted by atomic mass is 16.7. The summed E-state index contributed by atoms with van der Waals surface area (Å²) in [4.78, 5) is 22.5. The van der Waals surface area contributed by atoms with Crippen molar-refractivity contribution in [2.75, 3.05) is 13.3 Å². The lowest BCUT2D eigenvalue weighted by atomic mass is 10.2. The van der Waals surface area contributed by atoms with Crippen molar-refractivity contribution >= 4 is 11.9 Å². The first kappa shape index (κ1) is 13.2. The van der Waals surface area contributed by atoms with Gasteiger partial charge in [-0.05, 0) is 25.1 Å². The molecule has 1 aromatic carbocycles. The number of nitrogens with two attached hydrogens (primary N) is 1. The van der Waals surface area contributed by atoms with E-state index >= 15 is 0 Å². The number of rotatable bonds is 6. The molecule has 5 heteroatoms. The van der Waals surface area contributed by atoms with Crippen LogP contribution >= 0.6 is 0 Å². The van der Waals surface area contributed by atoms with Gasteiger partial charge in [-0.2, -0.15) is 0 Å². The van der Waals surface area contributed by atoms with Crippen molar-refractivity contribution in [1.82, 2.24) is 0 Å². The zero-order valence-corrected chi connectivity index (χ0v) is 9.43. The molecule has 0 amide bonds. The molecule has 0 unspecified atom stereocenters. The van der Waals surface area contributed by atoms with Crippen molar-refractivity contribution in [3.8, 4) is 0 Å². The van der Waals surface area contributed by atoms with Crippen LogP contribution in [0.2, 0.25) is 0 Å². The third-order valence-corrected chi connectivity index (χ3v) is 2.00. The summed E-state index contributed by atoms with van der Waals surface area (Å²) in [5.41, 5.74) is 5.66. The number of hydrogen-bond donors (Lipinski definition) is 1. The van der Waals surface area contributed by atoms with E-state index < -0.39 is 11.9 Å². The molecule has 0 radical (unpaired) electrons. The maximum atomic E-state index is 11.4. The maximum absolute atomic E-state index is 11.4. The van der Waals surface area contributed by atoms with Crippen LogP contribution in [0.1, 0.15) is 23.2 Å². The Hall–Kier alpha value is -1.88. The van der Waals surface area contributed by atoms with Gasteiger partial charge in [-0.3, -0.25) is 4.79 Å². The first-order valence-corrected chi connectivity index (χ1v) is 5.32. The SMILES string of the molecule is NCCCC(=O)OCOC(=O)c1ccccc1. The van der Waals surface area contributed by atoms with E-state index in [-0.39, 0.29) is 13.2 Å². The molecule has 0 aromatic heterocycles. The van der Waals surface area contributed by atoms with Crippen molar-refractivity contribution in [3.63, 3.8) is 0 Å². The van der Waals surface area contributed by atoms with Gasteiger partial charge in [-0.1, -0.05) is 18.2 Å². The minimum atomic E-state index is -0.516. The van der Waals surface area contributed by atoms with Gasteiger partial charge in [-0.15, -0.1) is 0 Å². The fraction of sp³-hybridized carbons (Fsp3) is 0.333.